The molecule has 2 rings (SSSR count). The van der Waals surface area contributed by atoms with Gasteiger partial charge in [0, 0.05) is 12.1 Å². The highest BCUT2D eigenvalue weighted by Gasteiger charge is 2.12. The van der Waals surface area contributed by atoms with Crippen LogP contribution in [0.2, 0.25) is 0 Å². The Labute approximate surface area is 110 Å². The number of rotatable bonds is 3. The first-order valence-corrected chi connectivity index (χ1v) is 5.68. The van der Waals surface area contributed by atoms with Gasteiger partial charge < -0.3 is 15.8 Å². The lowest BCUT2D eigenvalue weighted by molar-refractivity contribution is 0.383. The van der Waals surface area contributed by atoms with Crippen molar-refractivity contribution >= 4 is 17.1 Å². The van der Waals surface area contributed by atoms with Gasteiger partial charge in [0.1, 0.15) is 0 Å². The standard InChI is InChI=1S/C14H14F2N2O/c1-8-4-3-5-11(17)14(8)18-12-6-10(16)13(19-2)7-9(12)15/h3-7,18H,17H2,1-2H3. The molecule has 0 amide bonds. The van der Waals surface area contributed by atoms with Crippen LogP contribution in [0.15, 0.2) is 30.3 Å². The molecule has 5 heteroatoms. The zero-order valence-corrected chi connectivity index (χ0v) is 10.6. The van der Waals surface area contributed by atoms with Gasteiger partial charge in [0.25, 0.3) is 0 Å². The van der Waals surface area contributed by atoms with Gasteiger partial charge >= 0.3 is 0 Å². The van der Waals surface area contributed by atoms with Crippen LogP contribution in [0.1, 0.15) is 5.56 Å². The molecule has 0 bridgehead atoms. The second-order valence-corrected chi connectivity index (χ2v) is 4.13. The monoisotopic (exact) mass is 264 g/mol. The molecule has 19 heavy (non-hydrogen) atoms. The average molecular weight is 264 g/mol. The van der Waals surface area contributed by atoms with Crippen molar-refractivity contribution in [3.63, 3.8) is 0 Å². The van der Waals surface area contributed by atoms with Crippen molar-refractivity contribution in [1.29, 1.82) is 0 Å². The summed E-state index contributed by atoms with van der Waals surface area (Å²) in [5.74, 6) is -1.39. The highest BCUT2D eigenvalue weighted by molar-refractivity contribution is 5.76. The van der Waals surface area contributed by atoms with Crippen LogP contribution >= 0.6 is 0 Å². The number of aryl methyl sites for hydroxylation is 1. The summed E-state index contributed by atoms with van der Waals surface area (Å²) < 4.78 is 32.1. The topological polar surface area (TPSA) is 47.3 Å². The molecule has 0 heterocycles. The summed E-state index contributed by atoms with van der Waals surface area (Å²) in [6, 6.07) is 7.34. The van der Waals surface area contributed by atoms with Crippen molar-refractivity contribution in [2.45, 2.75) is 6.92 Å². The Morgan fingerprint density at radius 1 is 1.16 bits per heavy atom. The molecule has 0 aliphatic heterocycles. The fraction of sp³-hybridized carbons (Fsp3) is 0.143. The van der Waals surface area contributed by atoms with Crippen molar-refractivity contribution in [3.8, 4) is 5.75 Å². The number of benzene rings is 2. The quantitative estimate of drug-likeness (QED) is 0.832. The van der Waals surface area contributed by atoms with E-state index in [1.165, 1.54) is 7.11 Å². The lowest BCUT2D eigenvalue weighted by Gasteiger charge is -2.14. The maximum absolute atomic E-state index is 13.8. The Morgan fingerprint density at radius 2 is 1.89 bits per heavy atom. The van der Waals surface area contributed by atoms with Gasteiger partial charge in [0.2, 0.25) is 0 Å². The molecule has 2 aromatic rings. The summed E-state index contributed by atoms with van der Waals surface area (Å²) >= 11 is 0. The van der Waals surface area contributed by atoms with E-state index in [4.69, 9.17) is 10.5 Å². The van der Waals surface area contributed by atoms with Gasteiger partial charge in [0.05, 0.1) is 24.2 Å². The van der Waals surface area contributed by atoms with Gasteiger partial charge in [-0.2, -0.15) is 0 Å². The highest BCUT2D eigenvalue weighted by Crippen LogP contribution is 2.31. The van der Waals surface area contributed by atoms with Crippen molar-refractivity contribution in [2.24, 2.45) is 0 Å². The molecule has 0 aliphatic rings. The van der Waals surface area contributed by atoms with Crippen LogP contribution in [0.25, 0.3) is 0 Å². The normalized spacial score (nSPS) is 10.3. The molecule has 0 atom stereocenters. The second kappa shape index (κ2) is 5.14. The van der Waals surface area contributed by atoms with Crippen LogP contribution in [0.5, 0.6) is 5.75 Å². The summed E-state index contributed by atoms with van der Waals surface area (Å²) in [4.78, 5) is 0. The number of methoxy groups -OCH3 is 1. The molecule has 0 saturated carbocycles. The maximum atomic E-state index is 13.8. The first kappa shape index (κ1) is 13.1. The van der Waals surface area contributed by atoms with Gasteiger partial charge in [-0.25, -0.2) is 8.78 Å². The zero-order chi connectivity index (χ0) is 14.0. The zero-order valence-electron chi connectivity index (χ0n) is 10.6. The molecule has 0 saturated heterocycles. The molecular weight excluding hydrogens is 250 g/mol. The molecule has 3 N–H and O–H groups in total. The van der Waals surface area contributed by atoms with E-state index in [0.29, 0.717) is 11.4 Å². The summed E-state index contributed by atoms with van der Waals surface area (Å²) in [5.41, 5.74) is 7.70. The predicted molar refractivity (Wildman–Crippen MR) is 71.8 cm³/mol. The number of ether oxygens (including phenoxy) is 1. The molecule has 3 nitrogen and oxygen atoms in total. The number of hydrogen-bond acceptors (Lipinski definition) is 3. The summed E-state index contributed by atoms with van der Waals surface area (Å²) in [5, 5.41) is 2.81. The lowest BCUT2D eigenvalue weighted by Crippen LogP contribution is -2.01. The average Bonchev–Trinajstić information content (AvgIpc) is 2.37. The number of nitrogen functional groups attached to an aromatic ring is 1. The van der Waals surface area contributed by atoms with E-state index in [0.717, 1.165) is 17.7 Å². The van der Waals surface area contributed by atoms with Crippen molar-refractivity contribution in [2.75, 3.05) is 18.2 Å². The molecule has 0 fully saturated rings. The molecule has 0 aromatic heterocycles. The van der Waals surface area contributed by atoms with E-state index in [-0.39, 0.29) is 11.4 Å². The van der Waals surface area contributed by atoms with Crippen LogP contribution in [0.3, 0.4) is 0 Å². The van der Waals surface area contributed by atoms with Crippen molar-refractivity contribution in [3.05, 3.63) is 47.5 Å². The first-order chi connectivity index (χ1) is 9.02. The number of hydrogen-bond donors (Lipinski definition) is 2. The molecule has 0 spiro atoms. The van der Waals surface area contributed by atoms with Gasteiger partial charge in [-0.05, 0) is 18.6 Å². The van der Waals surface area contributed by atoms with E-state index >= 15 is 0 Å². The Hall–Kier alpha value is -2.30. The molecule has 0 unspecified atom stereocenters. The van der Waals surface area contributed by atoms with Gasteiger partial charge in [0.15, 0.2) is 17.4 Å². The number of nitrogens with one attached hydrogen (secondary N) is 1. The van der Waals surface area contributed by atoms with E-state index in [1.807, 2.05) is 13.0 Å². The summed E-state index contributed by atoms with van der Waals surface area (Å²) in [6.45, 7) is 1.83. The Morgan fingerprint density at radius 3 is 2.53 bits per heavy atom. The summed E-state index contributed by atoms with van der Waals surface area (Å²) in [7, 11) is 1.28. The highest BCUT2D eigenvalue weighted by atomic mass is 19.1. The van der Waals surface area contributed by atoms with Crippen LogP contribution in [-0.4, -0.2) is 7.11 Å². The third-order valence-electron chi connectivity index (χ3n) is 2.81. The minimum atomic E-state index is -0.640. The van der Waals surface area contributed by atoms with Gasteiger partial charge in [-0.15, -0.1) is 0 Å². The maximum Gasteiger partial charge on any atom is 0.167 e. The Kier molecular flexibility index (Phi) is 3.55. The molecule has 0 radical (unpaired) electrons. The smallest absolute Gasteiger partial charge is 0.167 e. The van der Waals surface area contributed by atoms with E-state index in [1.54, 1.807) is 12.1 Å². The van der Waals surface area contributed by atoms with Crippen molar-refractivity contribution < 1.29 is 13.5 Å². The van der Waals surface area contributed by atoms with Crippen LogP contribution in [0, 0.1) is 18.6 Å². The third kappa shape index (κ3) is 2.59. The Balaban J connectivity index is 2.41. The van der Waals surface area contributed by atoms with E-state index < -0.39 is 11.6 Å². The first-order valence-electron chi connectivity index (χ1n) is 5.68. The Bertz CT molecular complexity index is 594. The van der Waals surface area contributed by atoms with Gasteiger partial charge in [-0.1, -0.05) is 12.1 Å². The van der Waals surface area contributed by atoms with E-state index in [2.05, 4.69) is 5.32 Å². The molecule has 100 valence electrons. The molecular formula is C14H14F2N2O. The van der Waals surface area contributed by atoms with Crippen LogP contribution in [0.4, 0.5) is 25.8 Å². The summed E-state index contributed by atoms with van der Waals surface area (Å²) in [6.07, 6.45) is 0. The SMILES string of the molecule is COc1cc(F)c(Nc2c(C)cccc2N)cc1F. The largest absolute Gasteiger partial charge is 0.494 e. The van der Waals surface area contributed by atoms with Crippen LogP contribution < -0.4 is 15.8 Å². The fourth-order valence-electron chi connectivity index (χ4n) is 1.78. The van der Waals surface area contributed by atoms with E-state index in [9.17, 15) is 8.78 Å². The minimum absolute atomic E-state index is 0.0132. The fourth-order valence-corrected chi connectivity index (χ4v) is 1.78. The van der Waals surface area contributed by atoms with Crippen molar-refractivity contribution in [1.82, 2.24) is 0 Å². The molecule has 0 aliphatic carbocycles. The number of nitrogens with two attached hydrogens (primary N) is 1. The lowest BCUT2D eigenvalue weighted by atomic mass is 10.1. The van der Waals surface area contributed by atoms with Gasteiger partial charge in [-0.3, -0.25) is 0 Å². The van der Waals surface area contributed by atoms with Crippen LogP contribution in [-0.2, 0) is 0 Å². The molecule has 2 aromatic carbocycles. The number of anilines is 3. The number of halogens is 2. The predicted octanol–water partition coefficient (Wildman–Crippen LogP) is 3.61. The third-order valence-corrected chi connectivity index (χ3v) is 2.81. The minimum Gasteiger partial charge on any atom is -0.494 e. The second-order valence-electron chi connectivity index (χ2n) is 4.13. The number of para-hydroxylation sites is 1.